The van der Waals surface area contributed by atoms with Crippen molar-refractivity contribution in [1.29, 1.82) is 0 Å². The van der Waals surface area contributed by atoms with Crippen molar-refractivity contribution < 1.29 is 14.3 Å². The predicted molar refractivity (Wildman–Crippen MR) is 102 cm³/mol. The Balaban J connectivity index is 1.82. The second-order valence-electron chi connectivity index (χ2n) is 5.76. The Labute approximate surface area is 161 Å². The van der Waals surface area contributed by atoms with Crippen molar-refractivity contribution in [3.63, 3.8) is 0 Å². The summed E-state index contributed by atoms with van der Waals surface area (Å²) in [6, 6.07) is 12.6. The number of halogens is 1. The maximum atomic E-state index is 12.7. The van der Waals surface area contributed by atoms with Crippen molar-refractivity contribution in [2.24, 2.45) is 0 Å². The zero-order valence-corrected chi connectivity index (χ0v) is 15.5. The molecule has 8 heteroatoms. The van der Waals surface area contributed by atoms with Crippen molar-refractivity contribution in [1.82, 2.24) is 20.0 Å². The molecule has 0 unspecified atom stereocenters. The van der Waals surface area contributed by atoms with E-state index in [4.69, 9.17) is 16.3 Å². The first-order valence-corrected chi connectivity index (χ1v) is 8.75. The van der Waals surface area contributed by atoms with Crippen LogP contribution in [0.5, 0.6) is 0 Å². The molecule has 7 nitrogen and oxygen atoms in total. The fourth-order valence-electron chi connectivity index (χ4n) is 2.61. The van der Waals surface area contributed by atoms with Crippen LogP contribution >= 0.6 is 11.6 Å². The highest BCUT2D eigenvalue weighted by Crippen LogP contribution is 2.16. The summed E-state index contributed by atoms with van der Waals surface area (Å²) in [6.45, 7) is 1.01. The average molecular weight is 387 g/mol. The quantitative estimate of drug-likeness (QED) is 0.610. The van der Waals surface area contributed by atoms with Crippen LogP contribution in [-0.4, -0.2) is 41.5 Å². The van der Waals surface area contributed by atoms with Crippen LogP contribution in [0.15, 0.2) is 48.7 Å². The van der Waals surface area contributed by atoms with Crippen molar-refractivity contribution in [2.45, 2.75) is 6.54 Å². The summed E-state index contributed by atoms with van der Waals surface area (Å²) in [5.41, 5.74) is 1.53. The Bertz CT molecular complexity index is 970. The van der Waals surface area contributed by atoms with Crippen molar-refractivity contribution in [3.8, 4) is 0 Å². The molecule has 2 amide bonds. The van der Waals surface area contributed by atoms with Crippen molar-refractivity contribution >= 4 is 28.9 Å². The van der Waals surface area contributed by atoms with Crippen LogP contribution in [-0.2, 0) is 11.3 Å². The van der Waals surface area contributed by atoms with Gasteiger partial charge >= 0.3 is 0 Å². The molecule has 2 aromatic heterocycles. The van der Waals surface area contributed by atoms with Crippen molar-refractivity contribution in [3.05, 3.63) is 70.8 Å². The van der Waals surface area contributed by atoms with E-state index >= 15 is 0 Å². The van der Waals surface area contributed by atoms with Gasteiger partial charge in [0, 0.05) is 31.4 Å². The van der Waals surface area contributed by atoms with Gasteiger partial charge in [0.15, 0.2) is 5.69 Å². The summed E-state index contributed by atoms with van der Waals surface area (Å²) in [5.74, 6) is -0.613. The molecule has 0 saturated carbocycles. The smallest absolute Gasteiger partial charge is 0.287 e. The number of hydrogen-bond acceptors (Lipinski definition) is 4. The maximum absolute atomic E-state index is 12.7. The van der Waals surface area contributed by atoms with E-state index in [1.54, 1.807) is 42.0 Å². The molecule has 3 aromatic rings. The second kappa shape index (κ2) is 8.66. The van der Waals surface area contributed by atoms with Gasteiger partial charge in [0.1, 0.15) is 0 Å². The highest BCUT2D eigenvalue weighted by molar-refractivity contribution is 6.31. The normalized spacial score (nSPS) is 10.7. The third-order valence-corrected chi connectivity index (χ3v) is 4.32. The number of nitrogens with one attached hydrogen (secondary N) is 2. The van der Waals surface area contributed by atoms with Crippen LogP contribution in [0.25, 0.3) is 5.52 Å². The molecule has 0 saturated heterocycles. The third kappa shape index (κ3) is 4.27. The van der Waals surface area contributed by atoms with Gasteiger partial charge in [-0.2, -0.15) is 0 Å². The lowest BCUT2D eigenvalue weighted by Crippen LogP contribution is -2.29. The number of aromatic nitrogens is 2. The standard InChI is InChI=1S/C19H19ClN4O3/c1-27-11-9-21-19(26)17-23-16(15-8-4-5-10-24(15)17)18(25)22-12-13-6-2-3-7-14(13)20/h2-8,10H,9,11-12H2,1H3,(H,21,26)(H,22,25). The summed E-state index contributed by atoms with van der Waals surface area (Å²) >= 11 is 6.12. The number of nitrogens with zero attached hydrogens (tertiary/aromatic N) is 2. The molecule has 2 heterocycles. The molecular weight excluding hydrogens is 368 g/mol. The largest absolute Gasteiger partial charge is 0.383 e. The number of carbonyl (C=O) groups is 2. The molecule has 0 fully saturated rings. The Morgan fingerprint density at radius 2 is 1.89 bits per heavy atom. The van der Waals surface area contributed by atoms with Crippen LogP contribution in [0, 0.1) is 0 Å². The highest BCUT2D eigenvalue weighted by atomic mass is 35.5. The predicted octanol–water partition coefficient (Wildman–Crippen LogP) is 2.29. The van der Waals surface area contributed by atoms with Gasteiger partial charge in [-0.3, -0.25) is 14.0 Å². The van der Waals surface area contributed by atoms with E-state index in [-0.39, 0.29) is 29.9 Å². The van der Waals surface area contributed by atoms with E-state index in [0.717, 1.165) is 5.56 Å². The van der Waals surface area contributed by atoms with E-state index in [0.29, 0.717) is 23.7 Å². The minimum Gasteiger partial charge on any atom is -0.383 e. The molecule has 140 valence electrons. The number of imidazole rings is 1. The topological polar surface area (TPSA) is 84.7 Å². The highest BCUT2D eigenvalue weighted by Gasteiger charge is 2.21. The van der Waals surface area contributed by atoms with Crippen LogP contribution < -0.4 is 10.6 Å². The summed E-state index contributed by atoms with van der Waals surface area (Å²) in [7, 11) is 1.55. The lowest BCUT2D eigenvalue weighted by Gasteiger charge is -2.05. The molecule has 1 aromatic carbocycles. The van der Waals surface area contributed by atoms with E-state index in [9.17, 15) is 9.59 Å². The maximum Gasteiger partial charge on any atom is 0.287 e. The Morgan fingerprint density at radius 1 is 1.11 bits per heavy atom. The lowest BCUT2D eigenvalue weighted by atomic mass is 10.2. The molecule has 0 aliphatic heterocycles. The van der Waals surface area contributed by atoms with Crippen molar-refractivity contribution in [2.75, 3.05) is 20.3 Å². The van der Waals surface area contributed by atoms with E-state index in [1.807, 2.05) is 18.2 Å². The Morgan fingerprint density at radius 3 is 2.67 bits per heavy atom. The summed E-state index contributed by atoms with van der Waals surface area (Å²) in [5, 5.41) is 6.09. The van der Waals surface area contributed by atoms with Gasteiger partial charge in [0.05, 0.1) is 12.1 Å². The molecule has 0 atom stereocenters. The van der Waals surface area contributed by atoms with Gasteiger partial charge < -0.3 is 15.4 Å². The van der Waals surface area contributed by atoms with Crippen LogP contribution in [0.4, 0.5) is 0 Å². The number of benzene rings is 1. The molecule has 2 N–H and O–H groups in total. The zero-order chi connectivity index (χ0) is 19.2. The van der Waals surface area contributed by atoms with Gasteiger partial charge in [-0.05, 0) is 23.8 Å². The van der Waals surface area contributed by atoms with Crippen LogP contribution in [0.2, 0.25) is 5.02 Å². The second-order valence-corrected chi connectivity index (χ2v) is 6.17. The van der Waals surface area contributed by atoms with Gasteiger partial charge in [0.2, 0.25) is 5.82 Å². The molecule has 0 radical (unpaired) electrons. The number of pyridine rings is 1. The molecule has 0 bridgehead atoms. The number of amides is 2. The average Bonchev–Trinajstić information content (AvgIpc) is 3.07. The number of methoxy groups -OCH3 is 1. The first-order chi connectivity index (χ1) is 13.1. The molecular formula is C19H19ClN4O3. The van der Waals surface area contributed by atoms with E-state index < -0.39 is 0 Å². The number of carbonyl (C=O) groups excluding carboxylic acids is 2. The number of hydrogen-bond donors (Lipinski definition) is 2. The summed E-state index contributed by atoms with van der Waals surface area (Å²) < 4.78 is 6.52. The van der Waals surface area contributed by atoms with Crippen LogP contribution in [0.1, 0.15) is 26.7 Å². The fourth-order valence-corrected chi connectivity index (χ4v) is 2.81. The first-order valence-electron chi connectivity index (χ1n) is 8.37. The molecule has 27 heavy (non-hydrogen) atoms. The van der Waals surface area contributed by atoms with Gasteiger partial charge in [0.25, 0.3) is 11.8 Å². The SMILES string of the molecule is COCCNC(=O)c1nc(C(=O)NCc2ccccc2Cl)c2ccccn12. The molecule has 0 spiro atoms. The lowest BCUT2D eigenvalue weighted by molar-refractivity contribution is 0.0926. The van der Waals surface area contributed by atoms with Gasteiger partial charge in [-0.15, -0.1) is 0 Å². The fraction of sp³-hybridized carbons (Fsp3) is 0.211. The minimum absolute atomic E-state index is 0.143. The van der Waals surface area contributed by atoms with E-state index in [2.05, 4.69) is 15.6 Å². The summed E-state index contributed by atoms with van der Waals surface area (Å²) in [4.78, 5) is 29.3. The van der Waals surface area contributed by atoms with E-state index in [1.165, 1.54) is 0 Å². The Kier molecular flexibility index (Phi) is 6.05. The number of rotatable bonds is 7. The molecule has 3 rings (SSSR count). The monoisotopic (exact) mass is 386 g/mol. The molecule has 0 aliphatic rings. The number of ether oxygens (including phenoxy) is 1. The van der Waals surface area contributed by atoms with Gasteiger partial charge in [-0.25, -0.2) is 4.98 Å². The summed E-state index contributed by atoms with van der Waals surface area (Å²) in [6.07, 6.45) is 1.69. The minimum atomic E-state index is -0.380. The van der Waals surface area contributed by atoms with Gasteiger partial charge in [-0.1, -0.05) is 35.9 Å². The number of fused-ring (bicyclic) bond motifs is 1. The first kappa shape index (κ1) is 18.9. The third-order valence-electron chi connectivity index (χ3n) is 3.96. The zero-order valence-electron chi connectivity index (χ0n) is 14.7. The Hall–Kier alpha value is -2.90. The molecule has 0 aliphatic carbocycles. The van der Waals surface area contributed by atoms with Crippen LogP contribution in [0.3, 0.4) is 0 Å².